The highest BCUT2D eigenvalue weighted by Crippen LogP contribution is 2.57. The average molecular weight is 239 g/mol. The number of benzene rings is 1. The van der Waals surface area contributed by atoms with Crippen LogP contribution in [0.5, 0.6) is 0 Å². The normalized spacial score (nSPS) is 31.3. The second kappa shape index (κ2) is 3.79. The van der Waals surface area contributed by atoms with Crippen LogP contribution in [0.1, 0.15) is 30.9 Å². The summed E-state index contributed by atoms with van der Waals surface area (Å²) < 4.78 is 0. The van der Waals surface area contributed by atoms with Crippen LogP contribution in [-0.2, 0) is 0 Å². The molecule has 2 saturated carbocycles. The Morgan fingerprint density at radius 3 is 2.78 bits per heavy atom. The molecule has 3 atom stereocenters. The van der Waals surface area contributed by atoms with Gasteiger partial charge in [0.25, 0.3) is 0 Å². The first-order valence-corrected chi connectivity index (χ1v) is 6.83. The SMILES string of the molecule is OC(c1cccc2cnccc12)C1CC2CC2C1. The molecule has 2 fully saturated rings. The molecule has 1 N–H and O–H groups in total. The summed E-state index contributed by atoms with van der Waals surface area (Å²) in [5.41, 5.74) is 1.08. The van der Waals surface area contributed by atoms with Crippen molar-refractivity contribution in [2.24, 2.45) is 17.8 Å². The van der Waals surface area contributed by atoms with Crippen LogP contribution >= 0.6 is 0 Å². The van der Waals surface area contributed by atoms with Crippen molar-refractivity contribution < 1.29 is 5.11 Å². The second-order valence-corrected chi connectivity index (χ2v) is 5.88. The third kappa shape index (κ3) is 1.56. The Hall–Kier alpha value is -1.41. The van der Waals surface area contributed by atoms with Gasteiger partial charge in [0.05, 0.1) is 6.10 Å². The van der Waals surface area contributed by atoms with Crippen LogP contribution in [-0.4, -0.2) is 10.1 Å². The topological polar surface area (TPSA) is 33.1 Å². The maximum absolute atomic E-state index is 10.6. The summed E-state index contributed by atoms with van der Waals surface area (Å²) in [6.07, 6.45) is 7.22. The molecular formula is C16H17NO. The number of aliphatic hydroxyl groups is 1. The molecular weight excluding hydrogens is 222 g/mol. The van der Waals surface area contributed by atoms with E-state index in [0.29, 0.717) is 5.92 Å². The molecule has 1 aromatic heterocycles. The molecule has 2 aliphatic carbocycles. The van der Waals surface area contributed by atoms with Crippen LogP contribution in [0, 0.1) is 17.8 Å². The van der Waals surface area contributed by atoms with E-state index in [-0.39, 0.29) is 6.10 Å². The Bertz CT molecular complexity index is 579. The molecule has 0 spiro atoms. The van der Waals surface area contributed by atoms with E-state index in [4.69, 9.17) is 0 Å². The van der Waals surface area contributed by atoms with E-state index in [1.54, 1.807) is 0 Å². The lowest BCUT2D eigenvalue weighted by molar-refractivity contribution is 0.106. The van der Waals surface area contributed by atoms with E-state index >= 15 is 0 Å². The van der Waals surface area contributed by atoms with Gasteiger partial charge in [0.15, 0.2) is 0 Å². The van der Waals surface area contributed by atoms with Crippen molar-refractivity contribution in [1.29, 1.82) is 0 Å². The lowest BCUT2D eigenvalue weighted by Crippen LogP contribution is -2.11. The lowest BCUT2D eigenvalue weighted by atomic mass is 9.89. The number of hydrogen-bond acceptors (Lipinski definition) is 2. The number of hydrogen-bond donors (Lipinski definition) is 1. The van der Waals surface area contributed by atoms with E-state index in [9.17, 15) is 5.11 Å². The Balaban J connectivity index is 1.72. The largest absolute Gasteiger partial charge is 0.388 e. The van der Waals surface area contributed by atoms with Gasteiger partial charge in [-0.1, -0.05) is 18.2 Å². The summed E-state index contributed by atoms with van der Waals surface area (Å²) in [7, 11) is 0. The zero-order valence-electron chi connectivity index (χ0n) is 10.3. The predicted octanol–water partition coefficient (Wildman–Crippen LogP) is 3.31. The fourth-order valence-electron chi connectivity index (χ4n) is 3.68. The Kier molecular flexibility index (Phi) is 2.21. The van der Waals surface area contributed by atoms with Gasteiger partial charge in [0.2, 0.25) is 0 Å². The highest BCUT2D eigenvalue weighted by atomic mass is 16.3. The molecule has 0 aliphatic heterocycles. The van der Waals surface area contributed by atoms with Gasteiger partial charge in [-0.3, -0.25) is 4.98 Å². The lowest BCUT2D eigenvalue weighted by Gasteiger charge is -2.21. The van der Waals surface area contributed by atoms with Crippen molar-refractivity contribution in [3.8, 4) is 0 Å². The molecule has 2 aliphatic rings. The van der Waals surface area contributed by atoms with Crippen molar-refractivity contribution >= 4 is 10.8 Å². The van der Waals surface area contributed by atoms with Crippen LogP contribution < -0.4 is 0 Å². The molecule has 92 valence electrons. The fourth-order valence-corrected chi connectivity index (χ4v) is 3.68. The van der Waals surface area contributed by atoms with Crippen LogP contribution in [0.15, 0.2) is 36.7 Å². The zero-order chi connectivity index (χ0) is 12.1. The molecule has 2 heteroatoms. The Morgan fingerprint density at radius 2 is 1.94 bits per heavy atom. The van der Waals surface area contributed by atoms with E-state index in [1.165, 1.54) is 19.3 Å². The highest BCUT2D eigenvalue weighted by Gasteiger charge is 2.47. The van der Waals surface area contributed by atoms with Crippen molar-refractivity contribution in [3.63, 3.8) is 0 Å². The summed E-state index contributed by atoms with van der Waals surface area (Å²) in [6, 6.07) is 8.17. The fraction of sp³-hybridized carbons (Fsp3) is 0.438. The van der Waals surface area contributed by atoms with Crippen molar-refractivity contribution in [2.45, 2.75) is 25.4 Å². The van der Waals surface area contributed by atoms with Gasteiger partial charge in [-0.2, -0.15) is 0 Å². The third-order valence-corrected chi connectivity index (χ3v) is 4.76. The molecule has 3 unspecified atom stereocenters. The minimum absolute atomic E-state index is 0.302. The van der Waals surface area contributed by atoms with Crippen LogP contribution in [0.3, 0.4) is 0 Å². The molecule has 0 saturated heterocycles. The first-order chi connectivity index (χ1) is 8.83. The number of rotatable bonds is 2. The van der Waals surface area contributed by atoms with Gasteiger partial charge in [-0.05, 0) is 54.0 Å². The molecule has 0 bridgehead atoms. The standard InChI is InChI=1S/C16H17NO/c18-16(13-7-11-6-12(11)8-13)15-3-1-2-10-9-17-5-4-14(10)15/h1-5,9,11-13,16,18H,6-8H2. The number of fused-ring (bicyclic) bond motifs is 2. The van der Waals surface area contributed by atoms with Gasteiger partial charge < -0.3 is 5.11 Å². The van der Waals surface area contributed by atoms with Crippen LogP contribution in [0.25, 0.3) is 10.8 Å². The third-order valence-electron chi connectivity index (χ3n) is 4.76. The quantitative estimate of drug-likeness (QED) is 0.872. The van der Waals surface area contributed by atoms with E-state index in [1.807, 2.05) is 24.5 Å². The number of nitrogens with zero attached hydrogens (tertiary/aromatic N) is 1. The number of aliphatic hydroxyl groups excluding tert-OH is 1. The molecule has 4 rings (SSSR count). The maximum atomic E-state index is 10.6. The maximum Gasteiger partial charge on any atom is 0.0824 e. The van der Waals surface area contributed by atoms with E-state index < -0.39 is 0 Å². The van der Waals surface area contributed by atoms with Crippen LogP contribution in [0.4, 0.5) is 0 Å². The minimum Gasteiger partial charge on any atom is -0.388 e. The molecule has 2 aromatic rings. The molecule has 1 aromatic carbocycles. The Morgan fingerprint density at radius 1 is 1.11 bits per heavy atom. The first kappa shape index (κ1) is 10.5. The summed E-state index contributed by atoms with van der Waals surface area (Å²) in [5, 5.41) is 12.9. The average Bonchev–Trinajstić information content (AvgIpc) is 3.04. The number of aromatic nitrogens is 1. The van der Waals surface area contributed by atoms with Gasteiger partial charge in [0.1, 0.15) is 0 Å². The van der Waals surface area contributed by atoms with E-state index in [0.717, 1.165) is 28.2 Å². The molecule has 1 heterocycles. The predicted molar refractivity (Wildman–Crippen MR) is 71.0 cm³/mol. The summed E-state index contributed by atoms with van der Waals surface area (Å²) in [5.74, 6) is 2.30. The van der Waals surface area contributed by atoms with Gasteiger partial charge in [-0.15, -0.1) is 0 Å². The minimum atomic E-state index is -0.302. The summed E-state index contributed by atoms with van der Waals surface area (Å²) in [6.45, 7) is 0. The second-order valence-electron chi connectivity index (χ2n) is 5.88. The summed E-state index contributed by atoms with van der Waals surface area (Å²) in [4.78, 5) is 4.15. The molecule has 0 amide bonds. The molecule has 0 radical (unpaired) electrons. The molecule has 2 nitrogen and oxygen atoms in total. The van der Waals surface area contributed by atoms with Gasteiger partial charge >= 0.3 is 0 Å². The summed E-state index contributed by atoms with van der Waals surface area (Å²) >= 11 is 0. The molecule has 18 heavy (non-hydrogen) atoms. The Labute approximate surface area is 107 Å². The zero-order valence-corrected chi connectivity index (χ0v) is 10.3. The smallest absolute Gasteiger partial charge is 0.0824 e. The van der Waals surface area contributed by atoms with Crippen molar-refractivity contribution in [1.82, 2.24) is 4.98 Å². The van der Waals surface area contributed by atoms with Crippen LogP contribution in [0.2, 0.25) is 0 Å². The van der Waals surface area contributed by atoms with Crippen molar-refractivity contribution in [3.05, 3.63) is 42.2 Å². The van der Waals surface area contributed by atoms with Gasteiger partial charge in [-0.25, -0.2) is 0 Å². The van der Waals surface area contributed by atoms with Gasteiger partial charge in [0, 0.05) is 17.8 Å². The first-order valence-electron chi connectivity index (χ1n) is 6.83. The van der Waals surface area contributed by atoms with E-state index in [2.05, 4.69) is 17.1 Å². The monoisotopic (exact) mass is 239 g/mol. The van der Waals surface area contributed by atoms with Crippen molar-refractivity contribution in [2.75, 3.05) is 0 Å². The number of pyridine rings is 1. The highest BCUT2D eigenvalue weighted by molar-refractivity contribution is 5.85.